The minimum Gasteiger partial charge on any atom is -0.484 e. The molecule has 1 atom stereocenters. The summed E-state index contributed by atoms with van der Waals surface area (Å²) in [7, 11) is 1.77. The lowest BCUT2D eigenvalue weighted by Gasteiger charge is -2.39. The Hall–Kier alpha value is -2.57. The topological polar surface area (TPSA) is 79.0 Å². The zero-order valence-corrected chi connectivity index (χ0v) is 16.4. The maximum atomic E-state index is 12.7. The highest BCUT2D eigenvalue weighted by molar-refractivity contribution is 5.91. The number of likely N-dealkylation sites (N-methyl/N-ethyl adjacent to an activating group) is 1. The van der Waals surface area contributed by atoms with Crippen LogP contribution in [0.3, 0.4) is 0 Å². The van der Waals surface area contributed by atoms with E-state index in [1.807, 2.05) is 0 Å². The molecule has 3 amide bonds. The van der Waals surface area contributed by atoms with E-state index >= 15 is 0 Å². The highest BCUT2D eigenvalue weighted by atomic mass is 16.5. The SMILES string of the molecule is CCCCC1C(=O)N(C)CCN1C(=O)COc1cccc(NC(=O)CC)c1. The Morgan fingerprint density at radius 3 is 2.74 bits per heavy atom. The number of hydrogen-bond donors (Lipinski definition) is 1. The Balaban J connectivity index is 1.98. The Labute approximate surface area is 160 Å². The molecule has 1 aliphatic rings. The van der Waals surface area contributed by atoms with Crippen molar-refractivity contribution in [3.63, 3.8) is 0 Å². The molecule has 1 heterocycles. The summed E-state index contributed by atoms with van der Waals surface area (Å²) in [5.74, 6) is 0.216. The summed E-state index contributed by atoms with van der Waals surface area (Å²) in [6, 6.07) is 6.54. The van der Waals surface area contributed by atoms with E-state index in [-0.39, 0.29) is 24.3 Å². The molecule has 1 unspecified atom stereocenters. The second kappa shape index (κ2) is 9.94. The van der Waals surface area contributed by atoms with Gasteiger partial charge in [-0.1, -0.05) is 32.8 Å². The van der Waals surface area contributed by atoms with Crippen molar-refractivity contribution < 1.29 is 19.1 Å². The Kier molecular flexibility index (Phi) is 7.64. The summed E-state index contributed by atoms with van der Waals surface area (Å²) in [4.78, 5) is 39.9. The lowest BCUT2D eigenvalue weighted by Crippen LogP contribution is -2.58. The maximum absolute atomic E-state index is 12.7. The third-order valence-electron chi connectivity index (χ3n) is 4.67. The number of unbranched alkanes of at least 4 members (excludes halogenated alkanes) is 1. The average molecular weight is 375 g/mol. The second-order valence-electron chi connectivity index (χ2n) is 6.72. The number of nitrogens with zero attached hydrogens (tertiary/aromatic N) is 2. The number of ether oxygens (including phenoxy) is 1. The summed E-state index contributed by atoms with van der Waals surface area (Å²) >= 11 is 0. The number of benzene rings is 1. The summed E-state index contributed by atoms with van der Waals surface area (Å²) in [6.07, 6.45) is 2.93. The van der Waals surface area contributed by atoms with Crippen LogP contribution < -0.4 is 10.1 Å². The van der Waals surface area contributed by atoms with Crippen LogP contribution in [0.2, 0.25) is 0 Å². The maximum Gasteiger partial charge on any atom is 0.261 e. The van der Waals surface area contributed by atoms with Crippen molar-refractivity contribution in [2.75, 3.05) is 32.1 Å². The molecular weight excluding hydrogens is 346 g/mol. The molecule has 0 radical (unpaired) electrons. The molecule has 1 saturated heterocycles. The van der Waals surface area contributed by atoms with Gasteiger partial charge in [0, 0.05) is 38.3 Å². The second-order valence-corrected chi connectivity index (χ2v) is 6.72. The Morgan fingerprint density at radius 1 is 1.26 bits per heavy atom. The predicted molar refractivity (Wildman–Crippen MR) is 104 cm³/mol. The van der Waals surface area contributed by atoms with Gasteiger partial charge in [0.2, 0.25) is 11.8 Å². The van der Waals surface area contributed by atoms with E-state index in [1.54, 1.807) is 48.0 Å². The number of nitrogens with one attached hydrogen (secondary N) is 1. The third-order valence-corrected chi connectivity index (χ3v) is 4.67. The average Bonchev–Trinajstić information content (AvgIpc) is 2.67. The molecule has 7 heteroatoms. The van der Waals surface area contributed by atoms with Gasteiger partial charge in [0.1, 0.15) is 11.8 Å². The first-order chi connectivity index (χ1) is 13.0. The van der Waals surface area contributed by atoms with Crippen molar-refractivity contribution in [3.8, 4) is 5.75 Å². The van der Waals surface area contributed by atoms with E-state index in [2.05, 4.69) is 12.2 Å². The van der Waals surface area contributed by atoms with Crippen LogP contribution in [0, 0.1) is 0 Å². The first-order valence-corrected chi connectivity index (χ1v) is 9.53. The quantitative estimate of drug-likeness (QED) is 0.756. The number of hydrogen-bond acceptors (Lipinski definition) is 4. The van der Waals surface area contributed by atoms with E-state index < -0.39 is 6.04 Å². The number of anilines is 1. The molecule has 0 saturated carbocycles. The van der Waals surface area contributed by atoms with E-state index in [1.165, 1.54) is 0 Å². The van der Waals surface area contributed by atoms with Gasteiger partial charge in [0.15, 0.2) is 6.61 Å². The molecule has 0 bridgehead atoms. The van der Waals surface area contributed by atoms with Gasteiger partial charge in [-0.25, -0.2) is 0 Å². The summed E-state index contributed by atoms with van der Waals surface area (Å²) in [6.45, 7) is 4.76. The van der Waals surface area contributed by atoms with Gasteiger partial charge in [0.25, 0.3) is 5.91 Å². The van der Waals surface area contributed by atoms with Crippen LogP contribution >= 0.6 is 0 Å². The van der Waals surface area contributed by atoms with Crippen molar-refractivity contribution in [2.24, 2.45) is 0 Å². The van der Waals surface area contributed by atoms with Gasteiger partial charge in [-0.15, -0.1) is 0 Å². The van der Waals surface area contributed by atoms with Gasteiger partial charge in [0.05, 0.1) is 0 Å². The monoisotopic (exact) mass is 375 g/mol. The number of piperazine rings is 1. The van der Waals surface area contributed by atoms with Gasteiger partial charge >= 0.3 is 0 Å². The zero-order valence-electron chi connectivity index (χ0n) is 16.4. The van der Waals surface area contributed by atoms with Crippen LogP contribution in [0.1, 0.15) is 39.5 Å². The van der Waals surface area contributed by atoms with E-state index in [0.29, 0.717) is 37.4 Å². The summed E-state index contributed by atoms with van der Waals surface area (Å²) < 4.78 is 5.62. The first-order valence-electron chi connectivity index (χ1n) is 9.53. The highest BCUT2D eigenvalue weighted by Crippen LogP contribution is 2.19. The number of carbonyl (C=O) groups is 3. The molecule has 1 N–H and O–H groups in total. The van der Waals surface area contributed by atoms with Gasteiger partial charge in [-0.05, 0) is 18.6 Å². The third kappa shape index (κ3) is 5.70. The minimum atomic E-state index is -0.407. The molecule has 0 aliphatic carbocycles. The van der Waals surface area contributed by atoms with E-state index in [0.717, 1.165) is 12.8 Å². The van der Waals surface area contributed by atoms with Crippen LogP contribution in [0.4, 0.5) is 5.69 Å². The molecule has 1 aromatic carbocycles. The molecule has 0 aromatic heterocycles. The number of rotatable bonds is 8. The predicted octanol–water partition coefficient (Wildman–Crippen LogP) is 2.27. The van der Waals surface area contributed by atoms with Gasteiger partial charge in [-0.2, -0.15) is 0 Å². The van der Waals surface area contributed by atoms with E-state index in [4.69, 9.17) is 4.74 Å². The molecule has 2 rings (SSSR count). The zero-order chi connectivity index (χ0) is 19.8. The van der Waals surface area contributed by atoms with Crippen molar-refractivity contribution in [2.45, 2.75) is 45.6 Å². The molecule has 148 valence electrons. The molecule has 1 aliphatic heterocycles. The lowest BCUT2D eigenvalue weighted by molar-refractivity contribution is -0.151. The van der Waals surface area contributed by atoms with Gasteiger partial charge in [-0.3, -0.25) is 14.4 Å². The van der Waals surface area contributed by atoms with Crippen LogP contribution in [0.15, 0.2) is 24.3 Å². The largest absolute Gasteiger partial charge is 0.484 e. The molecular formula is C20H29N3O4. The molecule has 1 aromatic rings. The first kappa shape index (κ1) is 20.7. The van der Waals surface area contributed by atoms with Gasteiger partial charge < -0.3 is 19.9 Å². The van der Waals surface area contributed by atoms with Crippen molar-refractivity contribution in [1.82, 2.24) is 9.80 Å². The summed E-state index contributed by atoms with van der Waals surface area (Å²) in [5, 5.41) is 2.76. The fourth-order valence-corrected chi connectivity index (χ4v) is 3.03. The van der Waals surface area contributed by atoms with Crippen LogP contribution in [0.25, 0.3) is 0 Å². The lowest BCUT2D eigenvalue weighted by atomic mass is 10.0. The number of amides is 3. The molecule has 0 spiro atoms. The highest BCUT2D eigenvalue weighted by Gasteiger charge is 2.35. The Morgan fingerprint density at radius 2 is 2.04 bits per heavy atom. The fourth-order valence-electron chi connectivity index (χ4n) is 3.03. The van der Waals surface area contributed by atoms with Crippen molar-refractivity contribution >= 4 is 23.4 Å². The molecule has 7 nitrogen and oxygen atoms in total. The Bertz CT molecular complexity index is 677. The molecule has 1 fully saturated rings. The fraction of sp³-hybridized carbons (Fsp3) is 0.550. The smallest absolute Gasteiger partial charge is 0.261 e. The molecule has 27 heavy (non-hydrogen) atoms. The van der Waals surface area contributed by atoms with E-state index in [9.17, 15) is 14.4 Å². The van der Waals surface area contributed by atoms with Crippen LogP contribution in [-0.4, -0.2) is 60.3 Å². The van der Waals surface area contributed by atoms with Crippen LogP contribution in [-0.2, 0) is 14.4 Å². The summed E-state index contributed by atoms with van der Waals surface area (Å²) in [5.41, 5.74) is 0.627. The van der Waals surface area contributed by atoms with Crippen molar-refractivity contribution in [3.05, 3.63) is 24.3 Å². The van der Waals surface area contributed by atoms with Crippen LogP contribution in [0.5, 0.6) is 5.75 Å². The number of carbonyl (C=O) groups excluding carboxylic acids is 3. The normalized spacial score (nSPS) is 17.0. The minimum absolute atomic E-state index is 0.00711. The standard InChI is InChI=1S/C20H29N3O4/c1-4-6-10-17-20(26)22(3)11-12-23(17)19(25)14-27-16-9-7-8-15(13-16)21-18(24)5-2/h7-9,13,17H,4-6,10-12,14H2,1-3H3,(H,21,24). The van der Waals surface area contributed by atoms with Crippen molar-refractivity contribution in [1.29, 1.82) is 0 Å².